The molecule has 2 atom stereocenters. The van der Waals surface area contributed by atoms with Crippen LogP contribution in [-0.2, 0) is 0 Å². The van der Waals surface area contributed by atoms with Crippen LogP contribution in [0.5, 0.6) is 0 Å². The molecule has 2 rings (SSSR count). The second kappa shape index (κ2) is 5.65. The molecule has 0 aliphatic heterocycles. The quantitative estimate of drug-likeness (QED) is 0.838. The van der Waals surface area contributed by atoms with Crippen molar-refractivity contribution in [2.75, 3.05) is 0 Å². The molecule has 17 heavy (non-hydrogen) atoms. The maximum Gasteiger partial charge on any atom is 0.0858 e. The minimum atomic E-state index is -0.427. The lowest BCUT2D eigenvalue weighted by Gasteiger charge is -2.22. The molecule has 0 aliphatic carbocycles. The van der Waals surface area contributed by atoms with Gasteiger partial charge in [-0.05, 0) is 17.5 Å². The highest BCUT2D eigenvalue weighted by Crippen LogP contribution is 2.33. The summed E-state index contributed by atoms with van der Waals surface area (Å²) in [6.45, 7) is 2.11. The van der Waals surface area contributed by atoms with Gasteiger partial charge in [0.05, 0.1) is 6.10 Å². The van der Waals surface area contributed by atoms with Gasteiger partial charge in [0.15, 0.2) is 0 Å². The van der Waals surface area contributed by atoms with E-state index in [4.69, 9.17) is 0 Å². The lowest BCUT2D eigenvalue weighted by atomic mass is 9.87. The van der Waals surface area contributed by atoms with Crippen molar-refractivity contribution in [1.29, 1.82) is 0 Å². The molecule has 0 aliphatic rings. The van der Waals surface area contributed by atoms with Crippen molar-refractivity contribution in [2.45, 2.75) is 25.4 Å². The van der Waals surface area contributed by atoms with Crippen LogP contribution in [0.3, 0.4) is 0 Å². The molecule has 0 spiro atoms. The Labute approximate surface area is 103 Å². The highest BCUT2D eigenvalue weighted by molar-refractivity contribution is 5.26. The topological polar surface area (TPSA) is 20.2 Å². The number of hydrogen-bond acceptors (Lipinski definition) is 1. The molecule has 1 heteroatoms. The van der Waals surface area contributed by atoms with Gasteiger partial charge in [-0.15, -0.1) is 0 Å². The Bertz CT molecular complexity index is 436. The van der Waals surface area contributed by atoms with Crippen molar-refractivity contribution >= 4 is 0 Å². The highest BCUT2D eigenvalue weighted by atomic mass is 16.3. The second-order valence-corrected chi connectivity index (χ2v) is 4.28. The summed E-state index contributed by atoms with van der Waals surface area (Å²) in [6.07, 6.45) is 0.503. The van der Waals surface area contributed by atoms with Crippen LogP contribution in [0.15, 0.2) is 60.7 Å². The fourth-order valence-electron chi connectivity index (χ4n) is 2.22. The van der Waals surface area contributed by atoms with E-state index in [0.717, 1.165) is 12.0 Å². The van der Waals surface area contributed by atoms with Crippen LogP contribution in [0.1, 0.15) is 36.5 Å². The number of hydrogen-bond donors (Lipinski definition) is 1. The van der Waals surface area contributed by atoms with Crippen molar-refractivity contribution in [3.8, 4) is 0 Å². The summed E-state index contributed by atoms with van der Waals surface area (Å²) >= 11 is 0. The van der Waals surface area contributed by atoms with Crippen LogP contribution in [0.2, 0.25) is 0 Å². The van der Waals surface area contributed by atoms with Crippen LogP contribution in [0, 0.1) is 0 Å². The normalized spacial score (nSPS) is 14.2. The molecule has 0 amide bonds. The maximum atomic E-state index is 10.4. The number of rotatable bonds is 4. The third kappa shape index (κ3) is 2.75. The van der Waals surface area contributed by atoms with Gasteiger partial charge >= 0.3 is 0 Å². The lowest BCUT2D eigenvalue weighted by molar-refractivity contribution is 0.142. The Morgan fingerprint density at radius 1 is 0.824 bits per heavy atom. The van der Waals surface area contributed by atoms with Gasteiger partial charge in [-0.2, -0.15) is 0 Å². The van der Waals surface area contributed by atoms with Gasteiger partial charge in [-0.25, -0.2) is 0 Å². The van der Waals surface area contributed by atoms with E-state index in [9.17, 15) is 5.11 Å². The van der Waals surface area contributed by atoms with E-state index in [0.29, 0.717) is 0 Å². The SMILES string of the molecule is CC[C@@H](c1ccccc1)[C@@H](O)c1ccccc1. The fourth-order valence-corrected chi connectivity index (χ4v) is 2.22. The lowest BCUT2D eigenvalue weighted by Crippen LogP contribution is -2.10. The zero-order valence-electron chi connectivity index (χ0n) is 10.1. The molecule has 0 saturated carbocycles. The molecule has 0 heterocycles. The Morgan fingerprint density at radius 3 is 1.76 bits per heavy atom. The fraction of sp³-hybridized carbons (Fsp3) is 0.250. The number of aliphatic hydroxyl groups is 1. The van der Waals surface area contributed by atoms with Gasteiger partial charge in [0.25, 0.3) is 0 Å². The molecule has 1 nitrogen and oxygen atoms in total. The predicted molar refractivity (Wildman–Crippen MR) is 70.9 cm³/mol. The Balaban J connectivity index is 2.25. The Morgan fingerprint density at radius 2 is 1.29 bits per heavy atom. The standard InChI is InChI=1S/C16H18O/c1-2-15(13-9-5-3-6-10-13)16(17)14-11-7-4-8-12-14/h3-12,15-17H,2H2,1H3/t15-,16-/m0/s1. The second-order valence-electron chi connectivity index (χ2n) is 4.28. The van der Waals surface area contributed by atoms with Gasteiger partial charge in [0.2, 0.25) is 0 Å². The summed E-state index contributed by atoms with van der Waals surface area (Å²) in [4.78, 5) is 0. The third-order valence-electron chi connectivity index (χ3n) is 3.19. The van der Waals surface area contributed by atoms with Gasteiger partial charge in [0.1, 0.15) is 0 Å². The zero-order chi connectivity index (χ0) is 12.1. The summed E-state index contributed by atoms with van der Waals surface area (Å²) in [5.41, 5.74) is 2.19. The van der Waals surface area contributed by atoms with Crippen molar-refractivity contribution < 1.29 is 5.11 Å². The molecule has 2 aromatic carbocycles. The summed E-state index contributed by atoms with van der Waals surface area (Å²) < 4.78 is 0. The van der Waals surface area contributed by atoms with E-state index in [1.54, 1.807) is 0 Å². The molecule has 0 saturated heterocycles. The molecule has 1 N–H and O–H groups in total. The molecule has 0 unspecified atom stereocenters. The first-order valence-corrected chi connectivity index (χ1v) is 6.11. The first-order valence-electron chi connectivity index (χ1n) is 6.11. The van der Waals surface area contributed by atoms with Gasteiger partial charge in [-0.1, -0.05) is 67.6 Å². The van der Waals surface area contributed by atoms with Crippen LogP contribution in [0.4, 0.5) is 0 Å². The van der Waals surface area contributed by atoms with E-state index in [1.165, 1.54) is 5.56 Å². The molecule has 88 valence electrons. The van der Waals surface area contributed by atoms with Gasteiger partial charge in [-0.3, -0.25) is 0 Å². The van der Waals surface area contributed by atoms with Gasteiger partial charge < -0.3 is 5.11 Å². The molecule has 0 aromatic heterocycles. The van der Waals surface area contributed by atoms with Crippen LogP contribution >= 0.6 is 0 Å². The molecular weight excluding hydrogens is 208 g/mol. The molecule has 0 bridgehead atoms. The van der Waals surface area contributed by atoms with E-state index in [1.807, 2.05) is 48.5 Å². The number of benzene rings is 2. The Kier molecular flexibility index (Phi) is 3.94. The summed E-state index contributed by atoms with van der Waals surface area (Å²) in [5, 5.41) is 10.4. The first kappa shape index (κ1) is 11.9. The van der Waals surface area contributed by atoms with Crippen molar-refractivity contribution in [3.63, 3.8) is 0 Å². The highest BCUT2D eigenvalue weighted by Gasteiger charge is 2.20. The summed E-state index contributed by atoms with van der Waals surface area (Å²) in [7, 11) is 0. The van der Waals surface area contributed by atoms with Crippen molar-refractivity contribution in [3.05, 3.63) is 71.8 Å². The van der Waals surface area contributed by atoms with Crippen molar-refractivity contribution in [1.82, 2.24) is 0 Å². The average molecular weight is 226 g/mol. The van der Waals surface area contributed by atoms with E-state index in [2.05, 4.69) is 19.1 Å². The van der Waals surface area contributed by atoms with Crippen LogP contribution < -0.4 is 0 Å². The zero-order valence-corrected chi connectivity index (χ0v) is 10.1. The van der Waals surface area contributed by atoms with Crippen LogP contribution in [0.25, 0.3) is 0 Å². The van der Waals surface area contributed by atoms with Gasteiger partial charge in [0, 0.05) is 5.92 Å². The largest absolute Gasteiger partial charge is 0.388 e. The van der Waals surface area contributed by atoms with E-state index >= 15 is 0 Å². The minimum Gasteiger partial charge on any atom is -0.388 e. The predicted octanol–water partition coefficient (Wildman–Crippen LogP) is 3.91. The molecule has 0 fully saturated rings. The summed E-state index contributed by atoms with van der Waals surface area (Å²) in [5.74, 6) is 0.165. The third-order valence-corrected chi connectivity index (χ3v) is 3.19. The summed E-state index contributed by atoms with van der Waals surface area (Å²) in [6, 6.07) is 20.1. The average Bonchev–Trinajstić information content (AvgIpc) is 2.42. The molecule has 2 aromatic rings. The first-order chi connectivity index (χ1) is 8.33. The van der Waals surface area contributed by atoms with E-state index < -0.39 is 6.10 Å². The Hall–Kier alpha value is -1.60. The monoisotopic (exact) mass is 226 g/mol. The van der Waals surface area contributed by atoms with Crippen LogP contribution in [-0.4, -0.2) is 5.11 Å². The number of aliphatic hydroxyl groups excluding tert-OH is 1. The smallest absolute Gasteiger partial charge is 0.0858 e. The maximum absolute atomic E-state index is 10.4. The molecular formula is C16H18O. The molecule has 0 radical (unpaired) electrons. The van der Waals surface area contributed by atoms with Crippen molar-refractivity contribution in [2.24, 2.45) is 0 Å². The van der Waals surface area contributed by atoms with E-state index in [-0.39, 0.29) is 5.92 Å². The minimum absolute atomic E-state index is 0.165.